The lowest BCUT2D eigenvalue weighted by Crippen LogP contribution is -2.02. The molecule has 0 aliphatic heterocycles. The van der Waals surface area contributed by atoms with E-state index in [0.29, 0.717) is 17.2 Å². The Kier molecular flexibility index (Phi) is 3.86. The van der Waals surface area contributed by atoms with Crippen LogP contribution in [-0.4, -0.2) is 5.97 Å². The molecule has 0 atom stereocenters. The second kappa shape index (κ2) is 5.20. The van der Waals surface area contributed by atoms with Crippen LogP contribution >= 0.6 is 38.6 Å². The lowest BCUT2D eigenvalue weighted by molar-refractivity contribution is 0.0482. The first-order valence-electron chi connectivity index (χ1n) is 4.82. The maximum Gasteiger partial charge on any atom is 0.348 e. The molecule has 3 nitrogen and oxygen atoms in total. The van der Waals surface area contributed by atoms with Gasteiger partial charge >= 0.3 is 5.97 Å². The molecule has 2 rings (SSSR count). The summed E-state index contributed by atoms with van der Waals surface area (Å²) in [7, 11) is 0. The Labute approximate surface area is 115 Å². The highest BCUT2D eigenvalue weighted by molar-refractivity contribution is 9.10. The van der Waals surface area contributed by atoms with Gasteiger partial charge in [0.2, 0.25) is 0 Å². The molecule has 90 valence electrons. The summed E-state index contributed by atoms with van der Waals surface area (Å²) >= 11 is 6.26. The number of rotatable bonds is 3. The van der Waals surface area contributed by atoms with Crippen LogP contribution < -0.4 is 5.73 Å². The Balaban J connectivity index is 1.98. The molecule has 2 N–H and O–H groups in total. The van der Waals surface area contributed by atoms with E-state index in [4.69, 9.17) is 10.5 Å². The zero-order valence-corrected chi connectivity index (χ0v) is 12.2. The largest absolute Gasteiger partial charge is 0.456 e. The van der Waals surface area contributed by atoms with Crippen molar-refractivity contribution in [2.75, 3.05) is 5.73 Å². The minimum absolute atomic E-state index is 0.298. The third-order valence-corrected chi connectivity index (χ3v) is 4.84. The fraction of sp³-hybridized carbons (Fsp3) is 0.182. The number of carbonyl (C=O) groups excluding carboxylic acids is 1. The molecule has 0 aromatic carbocycles. The molecule has 0 amide bonds. The Morgan fingerprint density at radius 1 is 1.53 bits per heavy atom. The molecular formula is C11H10BrNO2S2. The second-order valence-electron chi connectivity index (χ2n) is 3.43. The highest BCUT2D eigenvalue weighted by Gasteiger charge is 2.12. The van der Waals surface area contributed by atoms with Crippen LogP contribution in [0.2, 0.25) is 0 Å². The first-order chi connectivity index (χ1) is 8.06. The van der Waals surface area contributed by atoms with Crippen molar-refractivity contribution in [1.82, 2.24) is 0 Å². The van der Waals surface area contributed by atoms with E-state index in [2.05, 4.69) is 15.9 Å². The van der Waals surface area contributed by atoms with Crippen LogP contribution in [0.3, 0.4) is 0 Å². The topological polar surface area (TPSA) is 52.3 Å². The van der Waals surface area contributed by atoms with Crippen molar-refractivity contribution in [3.63, 3.8) is 0 Å². The molecule has 0 radical (unpaired) electrons. The number of anilines is 1. The van der Waals surface area contributed by atoms with Crippen molar-refractivity contribution in [3.8, 4) is 0 Å². The monoisotopic (exact) mass is 331 g/mol. The fourth-order valence-electron chi connectivity index (χ4n) is 1.23. The summed E-state index contributed by atoms with van der Waals surface area (Å²) in [4.78, 5) is 14.2. The van der Waals surface area contributed by atoms with E-state index >= 15 is 0 Å². The molecule has 2 aromatic heterocycles. The van der Waals surface area contributed by atoms with Crippen molar-refractivity contribution in [2.24, 2.45) is 0 Å². The minimum atomic E-state index is -0.320. The van der Waals surface area contributed by atoms with E-state index in [1.165, 1.54) is 11.3 Å². The maximum absolute atomic E-state index is 11.7. The van der Waals surface area contributed by atoms with Crippen LogP contribution in [0.25, 0.3) is 0 Å². The zero-order chi connectivity index (χ0) is 12.4. The van der Waals surface area contributed by atoms with Crippen LogP contribution in [0.1, 0.15) is 19.4 Å². The molecule has 0 saturated heterocycles. The first-order valence-corrected chi connectivity index (χ1v) is 7.31. The molecule has 2 aromatic rings. The molecule has 0 spiro atoms. The Hall–Kier alpha value is -0.850. The summed E-state index contributed by atoms with van der Waals surface area (Å²) in [5.74, 6) is -0.320. The van der Waals surface area contributed by atoms with Gasteiger partial charge in [0, 0.05) is 25.3 Å². The Morgan fingerprint density at radius 3 is 2.82 bits per heavy atom. The Morgan fingerprint density at radius 2 is 2.29 bits per heavy atom. The quantitative estimate of drug-likeness (QED) is 0.870. The van der Waals surface area contributed by atoms with Crippen LogP contribution in [0.15, 0.2) is 22.0 Å². The maximum atomic E-state index is 11.7. The van der Waals surface area contributed by atoms with Crippen molar-refractivity contribution in [1.29, 1.82) is 0 Å². The number of aryl methyl sites for hydroxylation is 1. The highest BCUT2D eigenvalue weighted by atomic mass is 79.9. The summed E-state index contributed by atoms with van der Waals surface area (Å²) in [6.07, 6.45) is 0. The SMILES string of the molecule is Cc1sc(C(=O)OCc2cc(Br)cs2)cc1N. The number of nitrogen functional groups attached to an aromatic ring is 1. The van der Waals surface area contributed by atoms with Gasteiger partial charge in [-0.15, -0.1) is 22.7 Å². The van der Waals surface area contributed by atoms with Gasteiger partial charge in [-0.2, -0.15) is 0 Å². The highest BCUT2D eigenvalue weighted by Crippen LogP contribution is 2.25. The molecule has 0 aliphatic carbocycles. The fourth-order valence-corrected chi connectivity index (χ4v) is 3.43. The average molecular weight is 332 g/mol. The predicted molar refractivity (Wildman–Crippen MR) is 74.6 cm³/mol. The van der Waals surface area contributed by atoms with Crippen molar-refractivity contribution in [3.05, 3.63) is 36.6 Å². The van der Waals surface area contributed by atoms with Gasteiger partial charge in [-0.25, -0.2) is 4.79 Å². The van der Waals surface area contributed by atoms with Crippen LogP contribution in [0.4, 0.5) is 5.69 Å². The zero-order valence-electron chi connectivity index (χ0n) is 9.03. The molecule has 0 bridgehead atoms. The average Bonchev–Trinajstić information content (AvgIpc) is 2.83. The van der Waals surface area contributed by atoms with E-state index in [0.717, 1.165) is 14.2 Å². The van der Waals surface area contributed by atoms with Crippen LogP contribution in [0.5, 0.6) is 0 Å². The predicted octanol–water partition coefficient (Wildman–Crippen LogP) is 3.82. The van der Waals surface area contributed by atoms with Crippen molar-refractivity contribution >= 4 is 50.3 Å². The minimum Gasteiger partial charge on any atom is -0.456 e. The van der Waals surface area contributed by atoms with Crippen molar-refractivity contribution < 1.29 is 9.53 Å². The van der Waals surface area contributed by atoms with Gasteiger partial charge in [-0.1, -0.05) is 0 Å². The molecule has 2 heterocycles. The van der Waals surface area contributed by atoms with E-state index < -0.39 is 0 Å². The van der Waals surface area contributed by atoms with Gasteiger partial charge < -0.3 is 10.5 Å². The van der Waals surface area contributed by atoms with Crippen LogP contribution in [-0.2, 0) is 11.3 Å². The normalized spacial score (nSPS) is 10.5. The Bertz CT molecular complexity index is 528. The number of halogens is 1. The van der Waals surface area contributed by atoms with Gasteiger partial charge in [0.1, 0.15) is 11.5 Å². The number of nitrogens with two attached hydrogens (primary N) is 1. The lowest BCUT2D eigenvalue weighted by Gasteiger charge is -2.00. The number of ether oxygens (including phenoxy) is 1. The number of carbonyl (C=O) groups is 1. The molecule has 6 heteroatoms. The number of hydrogen-bond donors (Lipinski definition) is 1. The second-order valence-corrected chi connectivity index (χ2v) is 6.60. The van der Waals surface area contributed by atoms with E-state index in [-0.39, 0.29) is 5.97 Å². The van der Waals surface area contributed by atoms with Gasteiger partial charge in [0.15, 0.2) is 0 Å². The molecule has 0 unspecified atom stereocenters. The summed E-state index contributed by atoms with van der Waals surface area (Å²) in [6.45, 7) is 2.18. The molecular weight excluding hydrogens is 322 g/mol. The van der Waals surface area contributed by atoms with Crippen molar-refractivity contribution in [2.45, 2.75) is 13.5 Å². The molecule has 0 aliphatic rings. The van der Waals surface area contributed by atoms with E-state index in [1.54, 1.807) is 17.4 Å². The van der Waals surface area contributed by atoms with E-state index in [1.807, 2.05) is 18.4 Å². The molecule has 0 saturated carbocycles. The summed E-state index contributed by atoms with van der Waals surface area (Å²) in [6, 6.07) is 3.60. The smallest absolute Gasteiger partial charge is 0.348 e. The molecule has 17 heavy (non-hydrogen) atoms. The third kappa shape index (κ3) is 3.08. The van der Waals surface area contributed by atoms with Gasteiger partial charge in [-0.3, -0.25) is 0 Å². The summed E-state index contributed by atoms with van der Waals surface area (Å²) in [5.41, 5.74) is 6.33. The third-order valence-electron chi connectivity index (χ3n) is 2.12. The van der Waals surface area contributed by atoms with Gasteiger partial charge in [0.25, 0.3) is 0 Å². The summed E-state index contributed by atoms with van der Waals surface area (Å²) in [5, 5.41) is 1.95. The number of hydrogen-bond acceptors (Lipinski definition) is 5. The van der Waals surface area contributed by atoms with Gasteiger partial charge in [-0.05, 0) is 35.0 Å². The summed E-state index contributed by atoms with van der Waals surface area (Å²) < 4.78 is 6.21. The molecule has 0 fully saturated rings. The van der Waals surface area contributed by atoms with Gasteiger partial charge in [0.05, 0.1) is 0 Å². The number of esters is 1. The number of thiophene rings is 2. The first kappa shape index (κ1) is 12.6. The standard InChI is InChI=1S/C11H10BrNO2S2/c1-6-9(13)3-10(17-6)11(14)15-4-8-2-7(12)5-16-8/h2-3,5H,4,13H2,1H3. The van der Waals surface area contributed by atoms with E-state index in [9.17, 15) is 4.79 Å². The van der Waals surface area contributed by atoms with Crippen LogP contribution in [0, 0.1) is 6.92 Å². The lowest BCUT2D eigenvalue weighted by atomic mass is 10.4.